The number of hydrogen-bond donors (Lipinski definition) is 0. The molecule has 0 saturated carbocycles. The molecule has 0 aliphatic rings. The molecular weight excluding hydrogens is 334 g/mol. The zero-order valence-corrected chi connectivity index (χ0v) is 17.1. The first-order valence-corrected chi connectivity index (χ1v) is 11.5. The van der Waals surface area contributed by atoms with Gasteiger partial charge >= 0.3 is 5.76 Å². The summed E-state index contributed by atoms with van der Waals surface area (Å²) in [7, 11) is -0.167. The lowest BCUT2D eigenvalue weighted by Crippen LogP contribution is -2.41. The van der Waals surface area contributed by atoms with Crippen LogP contribution < -0.4 is 5.76 Å². The minimum Gasteiger partial charge on any atom is -0.504 e. The fourth-order valence-corrected chi connectivity index (χ4v) is 3.48. The van der Waals surface area contributed by atoms with Crippen LogP contribution in [0.1, 0.15) is 32.8 Å². The fourth-order valence-electron chi connectivity index (χ4n) is 2.40. The van der Waals surface area contributed by atoms with Crippen molar-refractivity contribution in [1.82, 2.24) is 4.57 Å². The lowest BCUT2D eigenvalue weighted by Gasteiger charge is -2.36. The Morgan fingerprint density at radius 3 is 2.64 bits per heavy atom. The van der Waals surface area contributed by atoms with Gasteiger partial charge in [-0.25, -0.2) is 4.79 Å². The Labute approximate surface area is 150 Å². The minimum atomic E-state index is -1.76. The van der Waals surface area contributed by atoms with E-state index in [1.165, 1.54) is 0 Å². The maximum Gasteiger partial charge on any atom is 0.419 e. The summed E-state index contributed by atoms with van der Waals surface area (Å²) in [6.07, 6.45) is 4.19. The van der Waals surface area contributed by atoms with Crippen molar-refractivity contribution < 1.29 is 13.6 Å². The average molecular weight is 364 g/mol. The van der Waals surface area contributed by atoms with Gasteiger partial charge in [0.15, 0.2) is 13.9 Å². The molecule has 0 aliphatic heterocycles. The zero-order valence-electron chi connectivity index (χ0n) is 16.1. The van der Waals surface area contributed by atoms with Gasteiger partial charge in [-0.2, -0.15) is 0 Å². The van der Waals surface area contributed by atoms with Crippen molar-refractivity contribution in [1.29, 1.82) is 0 Å². The molecule has 138 valence electrons. The van der Waals surface area contributed by atoms with Crippen LogP contribution >= 0.6 is 0 Å². The molecule has 0 unspecified atom stereocenters. The number of methoxy groups -OCH3 is 1. The Balaban J connectivity index is 2.15. The van der Waals surface area contributed by atoms with Gasteiger partial charge < -0.3 is 13.6 Å². The van der Waals surface area contributed by atoms with Gasteiger partial charge in [0.1, 0.15) is 0 Å². The molecule has 6 heteroatoms. The van der Waals surface area contributed by atoms with Crippen molar-refractivity contribution in [2.24, 2.45) is 0 Å². The second kappa shape index (κ2) is 7.62. The molecule has 2 rings (SSSR count). The normalized spacial score (nSPS) is 13.0. The molecule has 25 heavy (non-hydrogen) atoms. The molecule has 1 heterocycles. The molecule has 1 aromatic carbocycles. The highest BCUT2D eigenvalue weighted by Gasteiger charge is 2.36. The summed E-state index contributed by atoms with van der Waals surface area (Å²) in [5.74, 6) is -0.333. The molecule has 0 saturated heterocycles. The van der Waals surface area contributed by atoms with Gasteiger partial charge in [-0.15, -0.1) is 0 Å². The van der Waals surface area contributed by atoms with Crippen LogP contribution in [0.4, 0.5) is 0 Å². The van der Waals surface area contributed by atoms with E-state index in [0.29, 0.717) is 18.7 Å². The largest absolute Gasteiger partial charge is 0.504 e. The number of benzene rings is 1. The van der Waals surface area contributed by atoms with Crippen LogP contribution in [0.5, 0.6) is 0 Å². The first-order valence-electron chi connectivity index (χ1n) is 8.63. The van der Waals surface area contributed by atoms with Crippen LogP contribution in [0, 0.1) is 0 Å². The molecular formula is C19H29NO4Si. The highest BCUT2D eigenvalue weighted by Crippen LogP contribution is 2.36. The summed E-state index contributed by atoms with van der Waals surface area (Å²) in [4.78, 5) is 12.2. The maximum absolute atomic E-state index is 12.2. The third-order valence-electron chi connectivity index (χ3n) is 4.90. The molecule has 1 aromatic heterocycles. The number of fused-ring (bicyclic) bond motifs is 1. The number of para-hydroxylation sites is 1. The van der Waals surface area contributed by atoms with Gasteiger partial charge in [-0.05, 0) is 36.7 Å². The quantitative estimate of drug-likeness (QED) is 0.409. The van der Waals surface area contributed by atoms with Gasteiger partial charge in [0.25, 0.3) is 0 Å². The number of ether oxygens (including phenoxy) is 1. The van der Waals surface area contributed by atoms with E-state index in [-0.39, 0.29) is 10.8 Å². The minimum absolute atomic E-state index is 0.185. The number of aryl methyl sites for hydroxylation is 1. The fraction of sp³-hybridized carbons (Fsp3) is 0.526. The second-order valence-electron chi connectivity index (χ2n) is 7.71. The Morgan fingerprint density at radius 2 is 2.00 bits per heavy atom. The van der Waals surface area contributed by atoms with Crippen molar-refractivity contribution in [2.75, 3.05) is 13.7 Å². The Kier molecular flexibility index (Phi) is 5.95. The Bertz CT molecular complexity index is 796. The summed E-state index contributed by atoms with van der Waals surface area (Å²) < 4.78 is 18.2. The number of nitrogens with zero attached hydrogens (tertiary/aromatic N) is 1. The van der Waals surface area contributed by atoms with Gasteiger partial charge in [-0.1, -0.05) is 32.9 Å². The summed E-state index contributed by atoms with van der Waals surface area (Å²) in [5, 5.41) is 0.185. The van der Waals surface area contributed by atoms with E-state index < -0.39 is 8.32 Å². The van der Waals surface area contributed by atoms with Crippen LogP contribution in [0.3, 0.4) is 0 Å². The highest BCUT2D eigenvalue weighted by molar-refractivity contribution is 6.74. The highest BCUT2D eigenvalue weighted by atomic mass is 28.4. The molecule has 2 aromatic rings. The van der Waals surface area contributed by atoms with Gasteiger partial charge in [0.05, 0.1) is 18.9 Å². The van der Waals surface area contributed by atoms with E-state index in [2.05, 4.69) is 33.9 Å². The van der Waals surface area contributed by atoms with E-state index in [1.54, 1.807) is 17.9 Å². The van der Waals surface area contributed by atoms with Crippen LogP contribution in [0.2, 0.25) is 18.1 Å². The van der Waals surface area contributed by atoms with Gasteiger partial charge in [0.2, 0.25) is 0 Å². The van der Waals surface area contributed by atoms with E-state index in [9.17, 15) is 4.79 Å². The summed E-state index contributed by atoms with van der Waals surface area (Å²) in [6.45, 7) is 12.4. The predicted molar refractivity (Wildman–Crippen MR) is 104 cm³/mol. The third-order valence-corrected chi connectivity index (χ3v) is 9.43. The van der Waals surface area contributed by atoms with Crippen LogP contribution in [-0.2, 0) is 15.7 Å². The zero-order chi connectivity index (χ0) is 18.7. The molecule has 0 radical (unpaired) electrons. The first kappa shape index (κ1) is 19.5. The third kappa shape index (κ3) is 4.44. The standard InChI is InChI=1S/C19H29NO4Si/c1-19(2,3)25(5,6)23-13-8-12-20-17-15(11-14-22-4)9-7-10-16(17)24-18(20)21/h7,9-11,14H,8,12-13H2,1-6H3. The molecule has 0 fully saturated rings. The molecule has 0 atom stereocenters. The van der Waals surface area contributed by atoms with Crippen molar-refractivity contribution >= 4 is 25.5 Å². The van der Waals surface area contributed by atoms with E-state index in [0.717, 1.165) is 17.5 Å². The molecule has 0 spiro atoms. The van der Waals surface area contributed by atoms with Crippen LogP contribution in [0.15, 0.2) is 33.7 Å². The second-order valence-corrected chi connectivity index (χ2v) is 12.5. The molecule has 5 nitrogen and oxygen atoms in total. The average Bonchev–Trinajstić information content (AvgIpc) is 2.84. The molecule has 0 aliphatic carbocycles. The maximum atomic E-state index is 12.2. The van der Waals surface area contributed by atoms with E-state index >= 15 is 0 Å². The Morgan fingerprint density at radius 1 is 1.28 bits per heavy atom. The van der Waals surface area contributed by atoms with E-state index in [1.807, 2.05) is 24.3 Å². The van der Waals surface area contributed by atoms with Crippen LogP contribution in [-0.4, -0.2) is 26.6 Å². The van der Waals surface area contributed by atoms with Crippen molar-refractivity contribution in [3.8, 4) is 0 Å². The number of rotatable bonds is 7. The number of oxazole rings is 1. The number of hydrogen-bond acceptors (Lipinski definition) is 4. The molecule has 0 amide bonds. The van der Waals surface area contributed by atoms with Crippen LogP contribution in [0.25, 0.3) is 17.2 Å². The Hall–Kier alpha value is -1.79. The SMILES string of the molecule is COC=Cc1cccc2oc(=O)n(CCCO[Si](C)(C)C(C)(C)C)c12. The molecule has 0 bridgehead atoms. The smallest absolute Gasteiger partial charge is 0.419 e. The van der Waals surface area contributed by atoms with Crippen molar-refractivity contribution in [2.45, 2.75) is 51.9 Å². The van der Waals surface area contributed by atoms with Gasteiger partial charge in [0, 0.05) is 18.7 Å². The lowest BCUT2D eigenvalue weighted by atomic mass is 10.2. The predicted octanol–water partition coefficient (Wildman–Crippen LogP) is 4.62. The summed E-state index contributed by atoms with van der Waals surface area (Å²) in [6, 6.07) is 5.62. The summed E-state index contributed by atoms with van der Waals surface area (Å²) >= 11 is 0. The number of aromatic nitrogens is 1. The topological polar surface area (TPSA) is 53.6 Å². The van der Waals surface area contributed by atoms with Gasteiger partial charge in [-0.3, -0.25) is 4.57 Å². The van der Waals surface area contributed by atoms with Crippen molar-refractivity contribution in [3.63, 3.8) is 0 Å². The van der Waals surface area contributed by atoms with Crippen molar-refractivity contribution in [3.05, 3.63) is 40.6 Å². The van der Waals surface area contributed by atoms with E-state index in [4.69, 9.17) is 13.6 Å². The first-order chi connectivity index (χ1) is 11.7. The monoisotopic (exact) mass is 363 g/mol. The summed E-state index contributed by atoms with van der Waals surface area (Å²) in [5.41, 5.74) is 2.29. The lowest BCUT2D eigenvalue weighted by molar-refractivity contribution is 0.274. The molecule has 0 N–H and O–H groups in total.